The molecule has 0 aromatic rings. The number of rotatable bonds is 3. The van der Waals surface area contributed by atoms with Crippen molar-refractivity contribution in [1.82, 2.24) is 10.6 Å². The highest BCUT2D eigenvalue weighted by molar-refractivity contribution is 5.85. The van der Waals surface area contributed by atoms with Gasteiger partial charge in [-0.2, -0.15) is 0 Å². The van der Waals surface area contributed by atoms with Gasteiger partial charge in [-0.05, 0) is 44.4 Å². The minimum atomic E-state index is 0. The maximum atomic E-state index is 11.8. The SMILES string of the molecule is CC(NC(=O)[C@@H]1C[C@@H]2C[C@@H]2N1)C1CC1.Cl. The molecule has 1 amide bonds. The molecule has 0 aromatic heterocycles. The standard InChI is InChI=1S/C11H18N2O.ClH/c1-6(7-2-3-7)12-11(14)10-5-8-4-9(8)13-10;/h6-10,13H,2-5H2,1H3,(H,12,14);1H/t6?,8-,9-,10-;/m0./s1. The van der Waals surface area contributed by atoms with Gasteiger partial charge in [-0.25, -0.2) is 0 Å². The van der Waals surface area contributed by atoms with Crippen LogP contribution in [0.25, 0.3) is 0 Å². The predicted molar refractivity (Wildman–Crippen MR) is 61.0 cm³/mol. The van der Waals surface area contributed by atoms with E-state index in [2.05, 4.69) is 17.6 Å². The van der Waals surface area contributed by atoms with Crippen LogP contribution in [0.1, 0.15) is 32.6 Å². The van der Waals surface area contributed by atoms with Crippen molar-refractivity contribution in [2.24, 2.45) is 11.8 Å². The molecular weight excluding hydrogens is 212 g/mol. The molecule has 2 aliphatic carbocycles. The van der Waals surface area contributed by atoms with Crippen molar-refractivity contribution in [2.45, 2.75) is 50.7 Å². The molecule has 86 valence electrons. The molecule has 15 heavy (non-hydrogen) atoms. The molecule has 3 nitrogen and oxygen atoms in total. The zero-order chi connectivity index (χ0) is 9.71. The van der Waals surface area contributed by atoms with E-state index in [0.717, 1.165) is 18.3 Å². The van der Waals surface area contributed by atoms with Gasteiger partial charge in [-0.3, -0.25) is 4.79 Å². The molecule has 3 rings (SSSR count). The monoisotopic (exact) mass is 230 g/mol. The molecule has 1 unspecified atom stereocenters. The maximum Gasteiger partial charge on any atom is 0.237 e. The lowest BCUT2D eigenvalue weighted by molar-refractivity contribution is -0.123. The molecule has 4 heteroatoms. The smallest absolute Gasteiger partial charge is 0.237 e. The summed E-state index contributed by atoms with van der Waals surface area (Å²) >= 11 is 0. The Morgan fingerprint density at radius 1 is 1.40 bits per heavy atom. The fraction of sp³-hybridized carbons (Fsp3) is 0.909. The first kappa shape index (κ1) is 11.2. The fourth-order valence-electron chi connectivity index (χ4n) is 2.56. The zero-order valence-electron chi connectivity index (χ0n) is 9.03. The first-order valence-corrected chi connectivity index (χ1v) is 5.80. The average molecular weight is 231 g/mol. The van der Waals surface area contributed by atoms with Gasteiger partial charge in [0.1, 0.15) is 0 Å². The molecule has 1 heterocycles. The number of carbonyl (C=O) groups is 1. The molecule has 3 aliphatic rings. The van der Waals surface area contributed by atoms with Crippen molar-refractivity contribution in [3.05, 3.63) is 0 Å². The van der Waals surface area contributed by atoms with Crippen LogP contribution in [0.3, 0.4) is 0 Å². The van der Waals surface area contributed by atoms with Crippen LogP contribution < -0.4 is 10.6 Å². The second-order valence-electron chi connectivity index (χ2n) is 5.19. The van der Waals surface area contributed by atoms with Crippen molar-refractivity contribution in [1.29, 1.82) is 0 Å². The summed E-state index contributed by atoms with van der Waals surface area (Å²) < 4.78 is 0. The van der Waals surface area contributed by atoms with E-state index in [0.29, 0.717) is 12.1 Å². The molecule has 0 aromatic carbocycles. The van der Waals surface area contributed by atoms with E-state index in [9.17, 15) is 4.79 Å². The summed E-state index contributed by atoms with van der Waals surface area (Å²) in [5.41, 5.74) is 0. The molecule has 1 aliphatic heterocycles. The zero-order valence-corrected chi connectivity index (χ0v) is 9.85. The Balaban J connectivity index is 0.000000853. The Bertz CT molecular complexity index is 257. The van der Waals surface area contributed by atoms with E-state index < -0.39 is 0 Å². The topological polar surface area (TPSA) is 41.1 Å². The molecule has 0 radical (unpaired) electrons. The van der Waals surface area contributed by atoms with E-state index in [4.69, 9.17) is 0 Å². The molecule has 0 spiro atoms. The molecule has 1 saturated heterocycles. The summed E-state index contributed by atoms with van der Waals surface area (Å²) in [5, 5.41) is 6.50. The van der Waals surface area contributed by atoms with Crippen LogP contribution in [0.5, 0.6) is 0 Å². The van der Waals surface area contributed by atoms with E-state index in [1.807, 2.05) is 0 Å². The highest BCUT2D eigenvalue weighted by atomic mass is 35.5. The molecule has 2 saturated carbocycles. The lowest BCUT2D eigenvalue weighted by atomic mass is 10.1. The number of halogens is 1. The van der Waals surface area contributed by atoms with Crippen LogP contribution in [0.15, 0.2) is 0 Å². The van der Waals surface area contributed by atoms with E-state index >= 15 is 0 Å². The van der Waals surface area contributed by atoms with Crippen LogP contribution in [-0.2, 0) is 4.79 Å². The van der Waals surface area contributed by atoms with Crippen molar-refractivity contribution in [2.75, 3.05) is 0 Å². The van der Waals surface area contributed by atoms with Crippen molar-refractivity contribution in [3.8, 4) is 0 Å². The van der Waals surface area contributed by atoms with Crippen molar-refractivity contribution >= 4 is 18.3 Å². The van der Waals surface area contributed by atoms with E-state index in [-0.39, 0.29) is 24.4 Å². The van der Waals surface area contributed by atoms with Gasteiger partial charge in [0, 0.05) is 12.1 Å². The van der Waals surface area contributed by atoms with Crippen molar-refractivity contribution in [3.63, 3.8) is 0 Å². The number of hydrogen-bond acceptors (Lipinski definition) is 2. The highest BCUT2D eigenvalue weighted by Gasteiger charge is 2.48. The molecule has 3 fully saturated rings. The van der Waals surface area contributed by atoms with Crippen LogP contribution in [0.2, 0.25) is 0 Å². The summed E-state index contributed by atoms with van der Waals surface area (Å²) in [5.74, 6) is 1.80. The quantitative estimate of drug-likeness (QED) is 0.762. The lowest BCUT2D eigenvalue weighted by Crippen LogP contribution is -2.46. The Hall–Kier alpha value is -0.280. The number of fused-ring (bicyclic) bond motifs is 1. The van der Waals surface area contributed by atoms with Crippen LogP contribution >= 0.6 is 12.4 Å². The summed E-state index contributed by atoms with van der Waals surface area (Å²) in [6, 6.07) is 1.17. The summed E-state index contributed by atoms with van der Waals surface area (Å²) in [4.78, 5) is 11.8. The summed E-state index contributed by atoms with van der Waals surface area (Å²) in [6.45, 7) is 2.13. The second-order valence-corrected chi connectivity index (χ2v) is 5.19. The summed E-state index contributed by atoms with van der Waals surface area (Å²) in [6.07, 6.45) is 4.95. The third-order valence-corrected chi connectivity index (χ3v) is 3.89. The molecule has 4 atom stereocenters. The largest absolute Gasteiger partial charge is 0.352 e. The first-order chi connectivity index (χ1) is 6.74. The van der Waals surface area contributed by atoms with Gasteiger partial charge in [0.15, 0.2) is 0 Å². The third kappa shape index (κ3) is 2.28. The Kier molecular flexibility index (Phi) is 2.95. The first-order valence-electron chi connectivity index (χ1n) is 5.80. The second kappa shape index (κ2) is 3.95. The minimum absolute atomic E-state index is 0. The van der Waals surface area contributed by atoms with Gasteiger partial charge in [0.05, 0.1) is 6.04 Å². The Morgan fingerprint density at radius 2 is 2.13 bits per heavy atom. The third-order valence-electron chi connectivity index (χ3n) is 3.89. The van der Waals surface area contributed by atoms with Crippen LogP contribution in [0.4, 0.5) is 0 Å². The van der Waals surface area contributed by atoms with Crippen LogP contribution in [-0.4, -0.2) is 24.0 Å². The van der Waals surface area contributed by atoms with E-state index in [1.165, 1.54) is 19.3 Å². The predicted octanol–water partition coefficient (Wildman–Crippen LogP) is 1.07. The molecule has 2 N–H and O–H groups in total. The van der Waals surface area contributed by atoms with Crippen LogP contribution in [0, 0.1) is 11.8 Å². The van der Waals surface area contributed by atoms with Crippen molar-refractivity contribution < 1.29 is 4.79 Å². The minimum Gasteiger partial charge on any atom is -0.352 e. The van der Waals surface area contributed by atoms with Gasteiger partial charge >= 0.3 is 0 Å². The number of piperidine rings is 1. The Labute approximate surface area is 96.8 Å². The molecular formula is C11H19ClN2O. The lowest BCUT2D eigenvalue weighted by Gasteiger charge is -2.17. The number of nitrogens with one attached hydrogen (secondary N) is 2. The maximum absolute atomic E-state index is 11.8. The van der Waals surface area contributed by atoms with Gasteiger partial charge < -0.3 is 10.6 Å². The average Bonchev–Trinajstić information content (AvgIpc) is 3.05. The number of hydrogen-bond donors (Lipinski definition) is 2. The van der Waals surface area contributed by atoms with E-state index in [1.54, 1.807) is 0 Å². The number of carbonyl (C=O) groups excluding carboxylic acids is 1. The molecule has 0 bridgehead atoms. The van der Waals surface area contributed by atoms with Gasteiger partial charge in [-0.1, -0.05) is 0 Å². The van der Waals surface area contributed by atoms with Gasteiger partial charge in [-0.15, -0.1) is 12.4 Å². The van der Waals surface area contributed by atoms with Gasteiger partial charge in [0.2, 0.25) is 5.91 Å². The summed E-state index contributed by atoms with van der Waals surface area (Å²) in [7, 11) is 0. The normalized spacial score (nSPS) is 38.9. The highest BCUT2D eigenvalue weighted by Crippen LogP contribution is 2.40. The Morgan fingerprint density at radius 3 is 2.67 bits per heavy atom. The number of amides is 1. The van der Waals surface area contributed by atoms with Gasteiger partial charge in [0.25, 0.3) is 0 Å². The fourth-order valence-corrected chi connectivity index (χ4v) is 2.56.